The van der Waals surface area contributed by atoms with Crippen molar-refractivity contribution in [2.75, 3.05) is 6.61 Å². The van der Waals surface area contributed by atoms with Gasteiger partial charge < -0.3 is 20.4 Å². The highest BCUT2D eigenvalue weighted by molar-refractivity contribution is 4.77. The molecule has 4 nitrogen and oxygen atoms in total. The zero-order chi connectivity index (χ0) is 15.6. The van der Waals surface area contributed by atoms with Crippen molar-refractivity contribution in [3.8, 4) is 0 Å². The van der Waals surface area contributed by atoms with E-state index in [4.69, 9.17) is 5.11 Å². The molecule has 0 fully saturated rings. The molecule has 0 rings (SSSR count). The summed E-state index contributed by atoms with van der Waals surface area (Å²) in [6, 6.07) is 0. The normalized spacial score (nSPS) is 16.9. The number of aliphatic hydroxyl groups excluding tert-OH is 2. The van der Waals surface area contributed by atoms with Crippen molar-refractivity contribution in [2.24, 2.45) is 0 Å². The lowest BCUT2D eigenvalue weighted by molar-refractivity contribution is -0.000219. The molecule has 0 amide bonds. The number of hydrogen-bond donors (Lipinski definition) is 4. The number of hydrogen-bond acceptors (Lipinski definition) is 4. The number of unbranched alkanes of at least 4 members (excludes halogenated alkanes) is 3. The molecule has 2 atom stereocenters. The lowest BCUT2D eigenvalue weighted by Crippen LogP contribution is -2.29. The molecular formula is C16H34O4. The SMILES string of the molecule is CC(C)(O)CCC(C)(O)CCCCCCC(O)CCO. The third-order valence-electron chi connectivity index (χ3n) is 3.74. The molecular weight excluding hydrogens is 256 g/mol. The van der Waals surface area contributed by atoms with Gasteiger partial charge in [0.1, 0.15) is 0 Å². The van der Waals surface area contributed by atoms with E-state index in [1.165, 1.54) is 0 Å². The van der Waals surface area contributed by atoms with Crippen LogP contribution in [0.1, 0.15) is 78.6 Å². The highest BCUT2D eigenvalue weighted by Crippen LogP contribution is 2.24. The third kappa shape index (κ3) is 12.9. The maximum atomic E-state index is 10.2. The summed E-state index contributed by atoms with van der Waals surface area (Å²) < 4.78 is 0. The predicted octanol–water partition coefficient (Wildman–Crippen LogP) is 2.37. The maximum absolute atomic E-state index is 10.2. The van der Waals surface area contributed by atoms with Crippen LogP contribution >= 0.6 is 0 Å². The van der Waals surface area contributed by atoms with Crippen molar-refractivity contribution < 1.29 is 20.4 Å². The summed E-state index contributed by atoms with van der Waals surface area (Å²) >= 11 is 0. The Hall–Kier alpha value is -0.160. The van der Waals surface area contributed by atoms with Gasteiger partial charge >= 0.3 is 0 Å². The van der Waals surface area contributed by atoms with E-state index in [0.717, 1.165) is 38.5 Å². The van der Waals surface area contributed by atoms with Crippen LogP contribution in [0.5, 0.6) is 0 Å². The van der Waals surface area contributed by atoms with Crippen LogP contribution in [0.15, 0.2) is 0 Å². The Morgan fingerprint density at radius 2 is 1.40 bits per heavy atom. The fraction of sp³-hybridized carbons (Fsp3) is 1.00. The van der Waals surface area contributed by atoms with Gasteiger partial charge in [0.25, 0.3) is 0 Å². The van der Waals surface area contributed by atoms with Crippen LogP contribution in [0.2, 0.25) is 0 Å². The molecule has 0 heterocycles. The summed E-state index contributed by atoms with van der Waals surface area (Å²) in [6.07, 6.45) is 6.83. The standard InChI is InChI=1S/C16H34O4/c1-15(2,19)11-12-16(3,20)10-7-5-4-6-8-14(18)9-13-17/h14,17-20H,4-13H2,1-3H3. The summed E-state index contributed by atoms with van der Waals surface area (Å²) in [7, 11) is 0. The molecule has 2 unspecified atom stereocenters. The van der Waals surface area contributed by atoms with Gasteiger partial charge in [0, 0.05) is 6.61 Å². The maximum Gasteiger partial charge on any atom is 0.0620 e. The largest absolute Gasteiger partial charge is 0.396 e. The first-order chi connectivity index (χ1) is 9.16. The Bertz CT molecular complexity index is 233. The zero-order valence-electron chi connectivity index (χ0n) is 13.4. The Labute approximate surface area is 123 Å². The second-order valence-electron chi connectivity index (χ2n) is 6.93. The molecule has 0 aliphatic rings. The minimum Gasteiger partial charge on any atom is -0.396 e. The lowest BCUT2D eigenvalue weighted by Gasteiger charge is -2.27. The Morgan fingerprint density at radius 1 is 0.800 bits per heavy atom. The van der Waals surface area contributed by atoms with Crippen molar-refractivity contribution in [2.45, 2.75) is 95.9 Å². The lowest BCUT2D eigenvalue weighted by atomic mass is 9.88. The van der Waals surface area contributed by atoms with Gasteiger partial charge in [-0.2, -0.15) is 0 Å². The van der Waals surface area contributed by atoms with Gasteiger partial charge in [-0.15, -0.1) is 0 Å². The smallest absolute Gasteiger partial charge is 0.0620 e. The molecule has 20 heavy (non-hydrogen) atoms. The first-order valence-corrected chi connectivity index (χ1v) is 7.90. The molecule has 0 bridgehead atoms. The van der Waals surface area contributed by atoms with Crippen LogP contribution in [0.3, 0.4) is 0 Å². The zero-order valence-corrected chi connectivity index (χ0v) is 13.4. The summed E-state index contributed by atoms with van der Waals surface area (Å²) in [5, 5.41) is 38.0. The molecule has 0 saturated carbocycles. The van der Waals surface area contributed by atoms with Gasteiger partial charge in [-0.25, -0.2) is 0 Å². The summed E-state index contributed by atoms with van der Waals surface area (Å²) in [5.41, 5.74) is -1.41. The van der Waals surface area contributed by atoms with Crippen LogP contribution in [-0.2, 0) is 0 Å². The Morgan fingerprint density at radius 3 is 1.95 bits per heavy atom. The van der Waals surface area contributed by atoms with Gasteiger partial charge in [-0.3, -0.25) is 0 Å². The van der Waals surface area contributed by atoms with Gasteiger partial charge in [0.2, 0.25) is 0 Å². The molecule has 0 radical (unpaired) electrons. The molecule has 0 aliphatic heterocycles. The van der Waals surface area contributed by atoms with Gasteiger partial charge in [0.15, 0.2) is 0 Å². The van der Waals surface area contributed by atoms with Gasteiger partial charge in [-0.1, -0.05) is 25.7 Å². The molecule has 4 heteroatoms. The second-order valence-corrected chi connectivity index (χ2v) is 6.93. The van der Waals surface area contributed by atoms with E-state index in [1.54, 1.807) is 13.8 Å². The summed E-state index contributed by atoms with van der Waals surface area (Å²) in [4.78, 5) is 0. The summed E-state index contributed by atoms with van der Waals surface area (Å²) in [6.45, 7) is 5.41. The fourth-order valence-electron chi connectivity index (χ4n) is 2.23. The first-order valence-electron chi connectivity index (χ1n) is 7.90. The number of rotatable bonds is 12. The molecule has 122 valence electrons. The third-order valence-corrected chi connectivity index (χ3v) is 3.74. The second kappa shape index (κ2) is 9.72. The van der Waals surface area contributed by atoms with Crippen LogP contribution in [0.25, 0.3) is 0 Å². The van der Waals surface area contributed by atoms with E-state index in [0.29, 0.717) is 19.3 Å². The van der Waals surface area contributed by atoms with Crippen LogP contribution in [0.4, 0.5) is 0 Å². The summed E-state index contributed by atoms with van der Waals surface area (Å²) in [5.74, 6) is 0. The van der Waals surface area contributed by atoms with Crippen molar-refractivity contribution in [1.82, 2.24) is 0 Å². The van der Waals surface area contributed by atoms with E-state index in [-0.39, 0.29) is 12.7 Å². The van der Waals surface area contributed by atoms with Gasteiger partial charge in [0.05, 0.1) is 17.3 Å². The molecule has 0 aromatic heterocycles. The monoisotopic (exact) mass is 290 g/mol. The topological polar surface area (TPSA) is 80.9 Å². The quantitative estimate of drug-likeness (QED) is 0.416. The Kier molecular flexibility index (Phi) is 9.64. The average Bonchev–Trinajstić information content (AvgIpc) is 2.31. The van der Waals surface area contributed by atoms with Crippen LogP contribution < -0.4 is 0 Å². The highest BCUT2D eigenvalue weighted by atomic mass is 16.3. The van der Waals surface area contributed by atoms with Crippen molar-refractivity contribution >= 4 is 0 Å². The van der Waals surface area contributed by atoms with Gasteiger partial charge in [-0.05, 0) is 52.9 Å². The highest BCUT2D eigenvalue weighted by Gasteiger charge is 2.23. The molecule has 0 aliphatic carbocycles. The van der Waals surface area contributed by atoms with Crippen LogP contribution in [0, 0.1) is 0 Å². The van der Waals surface area contributed by atoms with E-state index in [2.05, 4.69) is 0 Å². The van der Waals surface area contributed by atoms with E-state index >= 15 is 0 Å². The predicted molar refractivity (Wildman–Crippen MR) is 81.6 cm³/mol. The molecule has 0 aromatic carbocycles. The minimum atomic E-state index is -0.715. The van der Waals surface area contributed by atoms with E-state index in [9.17, 15) is 15.3 Å². The minimum absolute atomic E-state index is 0.0469. The van der Waals surface area contributed by atoms with Crippen molar-refractivity contribution in [3.63, 3.8) is 0 Å². The number of aliphatic hydroxyl groups is 4. The van der Waals surface area contributed by atoms with Crippen molar-refractivity contribution in [1.29, 1.82) is 0 Å². The molecule has 0 spiro atoms. The molecule has 0 saturated heterocycles. The van der Waals surface area contributed by atoms with Crippen LogP contribution in [-0.4, -0.2) is 44.3 Å². The molecule has 0 aromatic rings. The average molecular weight is 290 g/mol. The Balaban J connectivity index is 3.58. The molecule has 4 N–H and O–H groups in total. The first kappa shape index (κ1) is 19.8. The van der Waals surface area contributed by atoms with Crippen molar-refractivity contribution in [3.05, 3.63) is 0 Å². The van der Waals surface area contributed by atoms with E-state index < -0.39 is 11.2 Å². The van der Waals surface area contributed by atoms with E-state index in [1.807, 2.05) is 6.92 Å². The fourth-order valence-corrected chi connectivity index (χ4v) is 2.23.